The quantitative estimate of drug-likeness (QED) is 0.107. The number of carbonyl (C=O) groups excluding carboxylic acids is 2. The average molecular weight is 988 g/mol. The Hall–Kier alpha value is -3.40. The fourth-order valence-corrected chi connectivity index (χ4v) is 8.70. The molecule has 19 heteroatoms. The Morgan fingerprint density at radius 2 is 1.61 bits per heavy atom. The second-order valence-electron chi connectivity index (χ2n) is 17.8. The van der Waals surface area contributed by atoms with Crippen molar-refractivity contribution in [3.63, 3.8) is 0 Å². The van der Waals surface area contributed by atoms with Crippen LogP contribution in [-0.2, 0) is 44.4 Å². The van der Waals surface area contributed by atoms with Gasteiger partial charge in [-0.15, -0.1) is 0 Å². The van der Waals surface area contributed by atoms with Crippen molar-refractivity contribution >= 4 is 35.1 Å². The zero-order valence-electron chi connectivity index (χ0n) is 39.6. The van der Waals surface area contributed by atoms with E-state index in [-0.39, 0.29) is 41.3 Å². The van der Waals surface area contributed by atoms with Crippen LogP contribution in [0.2, 0.25) is 10.0 Å². The topological polar surface area (TPSA) is 261 Å². The van der Waals surface area contributed by atoms with Gasteiger partial charge in [0, 0.05) is 19.4 Å². The van der Waals surface area contributed by atoms with E-state index in [1.807, 2.05) is 32.9 Å². The third-order valence-electron chi connectivity index (χ3n) is 12.3. The van der Waals surface area contributed by atoms with Gasteiger partial charge in [0.2, 0.25) is 0 Å². The zero-order chi connectivity index (χ0) is 50.2. The van der Waals surface area contributed by atoms with E-state index < -0.39 is 126 Å². The third-order valence-corrected chi connectivity index (χ3v) is 13.1. The van der Waals surface area contributed by atoms with Crippen LogP contribution in [0.25, 0.3) is 0 Å². The summed E-state index contributed by atoms with van der Waals surface area (Å²) in [6, 6.07) is 0. The van der Waals surface area contributed by atoms with Crippen molar-refractivity contribution in [1.82, 2.24) is 0 Å². The number of rotatable bonds is 11. The number of benzene rings is 1. The first-order valence-corrected chi connectivity index (χ1v) is 23.1. The van der Waals surface area contributed by atoms with E-state index in [1.165, 1.54) is 33.1 Å². The Bertz CT molecular complexity index is 2050. The molecule has 8 N–H and O–H groups in total. The van der Waals surface area contributed by atoms with Gasteiger partial charge in [0.05, 0.1) is 47.2 Å². The summed E-state index contributed by atoms with van der Waals surface area (Å²) in [5.74, 6) is -3.68. The molecular weight excluding hydrogens is 919 g/mol. The van der Waals surface area contributed by atoms with Gasteiger partial charge in [-0.3, -0.25) is 0 Å². The molecule has 3 aliphatic rings. The number of phenols is 2. The van der Waals surface area contributed by atoms with Crippen LogP contribution < -0.4 is 0 Å². The number of hydrogen-bond acceptors (Lipinski definition) is 17. The zero-order valence-corrected chi connectivity index (χ0v) is 41.1. The number of phenolic OH excluding ortho intramolecular Hbond substituents is 2. The molecule has 376 valence electrons. The Balaban J connectivity index is 1.60. The highest BCUT2D eigenvalue weighted by Gasteiger charge is 2.50. The Kier molecular flexibility index (Phi) is 20.5. The van der Waals surface area contributed by atoms with Crippen molar-refractivity contribution in [1.29, 1.82) is 0 Å². The van der Waals surface area contributed by atoms with E-state index in [9.17, 15) is 50.4 Å². The number of halogens is 2. The van der Waals surface area contributed by atoms with Crippen LogP contribution >= 0.6 is 23.2 Å². The van der Waals surface area contributed by atoms with Gasteiger partial charge >= 0.3 is 11.9 Å². The molecule has 0 spiro atoms. The molecule has 17 nitrogen and oxygen atoms in total. The summed E-state index contributed by atoms with van der Waals surface area (Å²) < 4.78 is 41.5. The summed E-state index contributed by atoms with van der Waals surface area (Å²) in [6.07, 6.45) is -5.33. The van der Waals surface area contributed by atoms with Crippen LogP contribution in [0.4, 0.5) is 0 Å². The number of aliphatic hydroxyl groups is 6. The number of cyclic esters (lactones) is 1. The van der Waals surface area contributed by atoms with Crippen molar-refractivity contribution in [2.24, 2.45) is 5.92 Å². The summed E-state index contributed by atoms with van der Waals surface area (Å²) in [5.41, 5.74) is 0.400. The van der Waals surface area contributed by atoms with Crippen molar-refractivity contribution in [2.45, 2.75) is 173 Å². The van der Waals surface area contributed by atoms with Crippen LogP contribution in [0, 0.1) is 5.92 Å². The average Bonchev–Trinajstić information content (AvgIpc) is 3.27. The van der Waals surface area contributed by atoms with Crippen LogP contribution in [-0.4, -0.2) is 152 Å². The molecule has 0 aliphatic carbocycles. The largest absolute Gasteiger partial charge is 0.505 e. The van der Waals surface area contributed by atoms with Crippen LogP contribution in [0.5, 0.6) is 11.5 Å². The highest BCUT2D eigenvalue weighted by atomic mass is 35.5. The Labute approximate surface area is 401 Å². The highest BCUT2D eigenvalue weighted by Crippen LogP contribution is 2.45. The van der Waals surface area contributed by atoms with Gasteiger partial charge in [-0.2, -0.15) is 0 Å². The van der Waals surface area contributed by atoms with Crippen LogP contribution in [0.3, 0.4) is 0 Å². The van der Waals surface area contributed by atoms with Gasteiger partial charge in [-0.25, -0.2) is 9.59 Å². The Morgan fingerprint density at radius 3 is 2.22 bits per heavy atom. The number of allylic oxidation sites excluding steroid dienone is 4. The molecule has 0 bridgehead atoms. The molecule has 2 fully saturated rings. The summed E-state index contributed by atoms with van der Waals surface area (Å²) in [4.78, 5) is 27.3. The standard InChI is InChI=1S/C48H68Cl2O17/c1-11-27-20-23(4)30(52)16-14-13-15-28(21-62-47-42(61-10)39(57)41(26(7)63-47)65-45(60)32-29(12-2)33(49)36(54)34(50)35(32)53)44(59)64-31(25(6)51)18-17-22(3)19-24(5)40(27)66-46-38(56)37(55)43(58)48(8,9)67-46/h13-15,17,19-20,25-27,30-31,37-43,46-47,51-58H,11-12,16,18,21H2,1-10H3/b14-13+,22-17+,23-20+,24-19+,28-15+/t25-,26+,27+,30+,31?,37-,38+,39-,40?,41+,42-,43?,46-,47+/m1/s1. The molecule has 0 radical (unpaired) electrons. The predicted molar refractivity (Wildman–Crippen MR) is 246 cm³/mol. The van der Waals surface area contributed by atoms with Gasteiger partial charge in [0.25, 0.3) is 0 Å². The summed E-state index contributed by atoms with van der Waals surface area (Å²) in [5, 5.41) is 85.7. The monoisotopic (exact) mass is 986 g/mol. The summed E-state index contributed by atoms with van der Waals surface area (Å²) in [6.45, 7) is 14.7. The molecule has 67 heavy (non-hydrogen) atoms. The first kappa shape index (κ1) is 56.2. The maximum atomic E-state index is 13.9. The first-order valence-electron chi connectivity index (χ1n) is 22.3. The molecule has 0 amide bonds. The van der Waals surface area contributed by atoms with E-state index in [2.05, 4.69) is 0 Å². The minimum Gasteiger partial charge on any atom is -0.505 e. The fraction of sp³-hybridized carbons (Fsp3) is 0.625. The molecule has 3 heterocycles. The molecule has 0 aromatic heterocycles. The maximum absolute atomic E-state index is 13.9. The molecule has 1 aromatic rings. The smallest absolute Gasteiger partial charge is 0.342 e. The second kappa shape index (κ2) is 24.4. The first-order chi connectivity index (χ1) is 31.4. The van der Waals surface area contributed by atoms with Crippen molar-refractivity contribution in [3.8, 4) is 11.5 Å². The normalized spacial score (nSPS) is 36.6. The minimum atomic E-state index is -1.57. The number of ether oxygens (including phenoxy) is 7. The molecule has 14 atom stereocenters. The molecule has 3 aliphatic heterocycles. The van der Waals surface area contributed by atoms with Gasteiger partial charge in [0.1, 0.15) is 47.2 Å². The van der Waals surface area contributed by atoms with Crippen LogP contribution in [0.1, 0.15) is 97.5 Å². The van der Waals surface area contributed by atoms with E-state index in [0.717, 1.165) is 0 Å². The molecule has 0 saturated carbocycles. The van der Waals surface area contributed by atoms with E-state index in [1.54, 1.807) is 39.8 Å². The van der Waals surface area contributed by atoms with Crippen molar-refractivity contribution in [2.75, 3.05) is 13.7 Å². The minimum absolute atomic E-state index is 0.0296. The summed E-state index contributed by atoms with van der Waals surface area (Å²) in [7, 11) is 1.26. The van der Waals surface area contributed by atoms with Gasteiger partial charge in [0.15, 0.2) is 30.2 Å². The number of hydrogen-bond donors (Lipinski definition) is 8. The maximum Gasteiger partial charge on any atom is 0.342 e. The summed E-state index contributed by atoms with van der Waals surface area (Å²) >= 11 is 12.3. The van der Waals surface area contributed by atoms with Crippen molar-refractivity contribution in [3.05, 3.63) is 79.9 Å². The number of methoxy groups -OCH3 is 1. The molecule has 1 aromatic carbocycles. The predicted octanol–water partition coefficient (Wildman–Crippen LogP) is 5.03. The third kappa shape index (κ3) is 13.5. The SMILES string of the molecule is CCc1c(Cl)c(O)c(Cl)c(O)c1C(=O)O[C@@H]1[C@@H](O)[C@@H](OC)[C@@H](OC/C2=C\C=C\C[C@H](O)/C(C)=C/[C@H](CC)C(O[C@@H]3OC(C)(C)C(O)[C@H](O)[C@@H]3O)/C(C)=C/C(C)=C/CC([C@@H](C)O)OC2=O)O[C@H]1C. The van der Waals surface area contributed by atoms with Crippen LogP contribution in [0.15, 0.2) is 58.7 Å². The Morgan fingerprint density at radius 1 is 0.940 bits per heavy atom. The van der Waals surface area contributed by atoms with Gasteiger partial charge in [-0.05, 0) is 90.5 Å². The van der Waals surface area contributed by atoms with E-state index >= 15 is 0 Å². The van der Waals surface area contributed by atoms with Gasteiger partial charge in [-0.1, -0.05) is 73.0 Å². The lowest BCUT2D eigenvalue weighted by Gasteiger charge is -2.46. The van der Waals surface area contributed by atoms with E-state index in [0.29, 0.717) is 23.1 Å². The lowest BCUT2D eigenvalue weighted by molar-refractivity contribution is -0.331. The number of aliphatic hydroxyl groups excluding tert-OH is 6. The fourth-order valence-electron chi connectivity index (χ4n) is 8.14. The van der Waals surface area contributed by atoms with Crippen molar-refractivity contribution < 1.29 is 83.6 Å². The molecule has 4 rings (SSSR count). The lowest BCUT2D eigenvalue weighted by atomic mass is 9.88. The molecular formula is C48H68Cl2O17. The number of aromatic hydroxyl groups is 2. The highest BCUT2D eigenvalue weighted by molar-refractivity contribution is 6.39. The number of carbonyl (C=O) groups is 2. The lowest BCUT2D eigenvalue weighted by Crippen LogP contribution is -2.63. The second-order valence-corrected chi connectivity index (χ2v) is 18.6. The van der Waals surface area contributed by atoms with E-state index in [4.69, 9.17) is 56.4 Å². The van der Waals surface area contributed by atoms with Gasteiger partial charge < -0.3 is 74.0 Å². The molecule has 3 unspecified atom stereocenters. The molecule has 2 saturated heterocycles. The number of esters is 2.